The monoisotopic (exact) mass is 393 g/mol. The number of ether oxygens (including phenoxy) is 1. The Morgan fingerprint density at radius 2 is 1.93 bits per heavy atom. The van der Waals surface area contributed by atoms with Gasteiger partial charge in [0.05, 0.1) is 5.39 Å². The predicted molar refractivity (Wildman–Crippen MR) is 108 cm³/mol. The maximum Gasteiger partial charge on any atom is 0.262 e. The van der Waals surface area contributed by atoms with Gasteiger partial charge in [0.1, 0.15) is 17.0 Å². The van der Waals surface area contributed by atoms with Crippen molar-refractivity contribution >= 4 is 33.1 Å². The van der Waals surface area contributed by atoms with E-state index in [2.05, 4.69) is 15.3 Å². The van der Waals surface area contributed by atoms with E-state index in [1.807, 2.05) is 36.6 Å². The topological polar surface area (TPSA) is 64.1 Å². The van der Waals surface area contributed by atoms with Crippen molar-refractivity contribution < 1.29 is 13.9 Å². The van der Waals surface area contributed by atoms with E-state index in [4.69, 9.17) is 4.74 Å². The lowest BCUT2D eigenvalue weighted by atomic mass is 10.1. The first kappa shape index (κ1) is 18.1. The van der Waals surface area contributed by atoms with Crippen molar-refractivity contribution in [2.45, 2.75) is 6.92 Å². The average molecular weight is 393 g/mol. The first-order valence-corrected chi connectivity index (χ1v) is 9.46. The fraction of sp³-hybridized carbons (Fsp3) is 0.0952. The van der Waals surface area contributed by atoms with Crippen LogP contribution in [0.3, 0.4) is 0 Å². The Bertz CT molecular complexity index is 1140. The quantitative estimate of drug-likeness (QED) is 0.528. The van der Waals surface area contributed by atoms with E-state index in [-0.39, 0.29) is 18.3 Å². The number of halogens is 1. The third-order valence-corrected chi connectivity index (χ3v) is 5.14. The molecule has 4 rings (SSSR count). The zero-order valence-corrected chi connectivity index (χ0v) is 15.8. The number of hydrogen-bond acceptors (Lipinski definition) is 5. The number of hydrogen-bond donors (Lipinski definition) is 1. The van der Waals surface area contributed by atoms with Gasteiger partial charge in [-0.1, -0.05) is 30.3 Å². The SMILES string of the molecule is Cc1ccccc1NC(=O)COc1ncnc2scc(-c3ccc(F)cc3)c12. The highest BCUT2D eigenvalue weighted by Crippen LogP contribution is 2.37. The Balaban J connectivity index is 1.57. The molecular weight excluding hydrogens is 377 g/mol. The second-order valence-corrected chi connectivity index (χ2v) is 7.03. The van der Waals surface area contributed by atoms with E-state index in [0.717, 1.165) is 27.2 Å². The van der Waals surface area contributed by atoms with Gasteiger partial charge < -0.3 is 10.1 Å². The number of fused-ring (bicyclic) bond motifs is 1. The molecule has 0 aliphatic rings. The van der Waals surface area contributed by atoms with Crippen LogP contribution in [0.2, 0.25) is 0 Å². The summed E-state index contributed by atoms with van der Waals surface area (Å²) in [5, 5.41) is 5.46. The van der Waals surface area contributed by atoms with E-state index < -0.39 is 0 Å². The molecule has 4 aromatic rings. The number of amides is 1. The number of aromatic nitrogens is 2. The first-order valence-electron chi connectivity index (χ1n) is 8.58. The van der Waals surface area contributed by atoms with Crippen molar-refractivity contribution in [1.82, 2.24) is 9.97 Å². The largest absolute Gasteiger partial charge is 0.467 e. The summed E-state index contributed by atoms with van der Waals surface area (Å²) in [5.74, 6) is -0.256. The molecule has 1 amide bonds. The van der Waals surface area contributed by atoms with Crippen LogP contribution >= 0.6 is 11.3 Å². The molecule has 2 aromatic heterocycles. The summed E-state index contributed by atoms with van der Waals surface area (Å²) in [6.45, 7) is 1.74. The second-order valence-electron chi connectivity index (χ2n) is 6.17. The maximum absolute atomic E-state index is 13.2. The average Bonchev–Trinajstić information content (AvgIpc) is 3.13. The van der Waals surface area contributed by atoms with Crippen LogP contribution in [0.4, 0.5) is 10.1 Å². The van der Waals surface area contributed by atoms with Crippen LogP contribution in [-0.4, -0.2) is 22.5 Å². The summed E-state index contributed by atoms with van der Waals surface area (Å²) in [6.07, 6.45) is 1.40. The van der Waals surface area contributed by atoms with Gasteiger partial charge in [0.2, 0.25) is 5.88 Å². The molecule has 0 unspecified atom stereocenters. The van der Waals surface area contributed by atoms with E-state index in [9.17, 15) is 9.18 Å². The summed E-state index contributed by atoms with van der Waals surface area (Å²) in [5.41, 5.74) is 3.38. The molecule has 0 radical (unpaired) electrons. The predicted octanol–water partition coefficient (Wildman–Crippen LogP) is 4.82. The summed E-state index contributed by atoms with van der Waals surface area (Å²) in [6, 6.07) is 13.7. The van der Waals surface area contributed by atoms with Crippen LogP contribution in [0, 0.1) is 12.7 Å². The standard InChI is InChI=1S/C21H16FN3O2S/c1-13-4-2-3-5-17(13)25-18(26)10-27-20-19-16(11-28-21(19)24-12-23-20)14-6-8-15(22)9-7-14/h2-9,11-12H,10H2,1H3,(H,25,26). The van der Waals surface area contributed by atoms with Gasteiger partial charge in [-0.25, -0.2) is 14.4 Å². The molecule has 0 fully saturated rings. The molecule has 2 heterocycles. The minimum absolute atomic E-state index is 0.181. The van der Waals surface area contributed by atoms with Gasteiger partial charge in [-0.05, 0) is 36.2 Å². The molecule has 0 aliphatic carbocycles. The Labute approximate surface area is 164 Å². The minimum Gasteiger partial charge on any atom is -0.467 e. The number of rotatable bonds is 5. The molecule has 0 aliphatic heterocycles. The second kappa shape index (κ2) is 7.74. The summed E-state index contributed by atoms with van der Waals surface area (Å²) < 4.78 is 19.0. The van der Waals surface area contributed by atoms with Gasteiger partial charge in [-0.15, -0.1) is 11.3 Å². The molecule has 140 valence electrons. The van der Waals surface area contributed by atoms with Crippen molar-refractivity contribution in [2.24, 2.45) is 0 Å². The lowest BCUT2D eigenvalue weighted by Gasteiger charge is -2.10. The van der Waals surface area contributed by atoms with Gasteiger partial charge in [-0.3, -0.25) is 4.79 Å². The normalized spacial score (nSPS) is 10.8. The Hall–Kier alpha value is -3.32. The van der Waals surface area contributed by atoms with Crippen LogP contribution in [0.15, 0.2) is 60.2 Å². The van der Waals surface area contributed by atoms with Gasteiger partial charge in [0.15, 0.2) is 6.61 Å². The van der Waals surface area contributed by atoms with E-state index in [1.165, 1.54) is 29.8 Å². The number of carbonyl (C=O) groups is 1. The van der Waals surface area contributed by atoms with Gasteiger partial charge >= 0.3 is 0 Å². The Morgan fingerprint density at radius 1 is 1.14 bits per heavy atom. The van der Waals surface area contributed by atoms with Crippen LogP contribution in [0.1, 0.15) is 5.56 Å². The molecule has 28 heavy (non-hydrogen) atoms. The van der Waals surface area contributed by atoms with Crippen LogP contribution in [-0.2, 0) is 4.79 Å². The molecule has 0 saturated heterocycles. The van der Waals surface area contributed by atoms with Crippen molar-refractivity contribution in [3.63, 3.8) is 0 Å². The number of para-hydroxylation sites is 1. The van der Waals surface area contributed by atoms with Crippen molar-refractivity contribution in [2.75, 3.05) is 11.9 Å². The van der Waals surface area contributed by atoms with Crippen LogP contribution in [0.5, 0.6) is 5.88 Å². The summed E-state index contributed by atoms with van der Waals surface area (Å²) in [7, 11) is 0. The van der Waals surface area contributed by atoms with Gasteiger partial charge in [-0.2, -0.15) is 0 Å². The summed E-state index contributed by atoms with van der Waals surface area (Å²) >= 11 is 1.44. The number of carbonyl (C=O) groups excluding carboxylic acids is 1. The van der Waals surface area contributed by atoms with E-state index in [1.54, 1.807) is 12.1 Å². The lowest BCUT2D eigenvalue weighted by molar-refractivity contribution is -0.118. The molecule has 0 spiro atoms. The Kier molecular flexibility index (Phi) is 4.99. The van der Waals surface area contributed by atoms with E-state index >= 15 is 0 Å². The highest BCUT2D eigenvalue weighted by molar-refractivity contribution is 7.17. The van der Waals surface area contributed by atoms with Crippen molar-refractivity contribution in [3.05, 3.63) is 71.6 Å². The first-order chi connectivity index (χ1) is 13.6. The molecule has 1 N–H and O–H groups in total. The number of benzene rings is 2. The van der Waals surface area contributed by atoms with Crippen LogP contribution < -0.4 is 10.1 Å². The molecule has 0 bridgehead atoms. The molecular formula is C21H16FN3O2S. The zero-order chi connectivity index (χ0) is 19.5. The summed E-state index contributed by atoms with van der Waals surface area (Å²) in [4.78, 5) is 21.5. The van der Waals surface area contributed by atoms with E-state index in [0.29, 0.717) is 11.3 Å². The number of anilines is 1. The number of nitrogens with zero attached hydrogens (tertiary/aromatic N) is 2. The van der Waals surface area contributed by atoms with Gasteiger partial charge in [0, 0.05) is 16.6 Å². The zero-order valence-electron chi connectivity index (χ0n) is 15.0. The number of nitrogens with one attached hydrogen (secondary N) is 1. The number of aryl methyl sites for hydroxylation is 1. The highest BCUT2D eigenvalue weighted by atomic mass is 32.1. The molecule has 2 aromatic carbocycles. The van der Waals surface area contributed by atoms with Crippen LogP contribution in [0.25, 0.3) is 21.3 Å². The number of thiophene rings is 1. The third kappa shape index (κ3) is 3.70. The fourth-order valence-corrected chi connectivity index (χ4v) is 3.74. The van der Waals surface area contributed by atoms with Crippen molar-refractivity contribution in [3.8, 4) is 17.0 Å². The molecule has 5 nitrogen and oxygen atoms in total. The highest BCUT2D eigenvalue weighted by Gasteiger charge is 2.15. The Morgan fingerprint density at radius 3 is 2.71 bits per heavy atom. The lowest BCUT2D eigenvalue weighted by Crippen LogP contribution is -2.21. The fourth-order valence-electron chi connectivity index (χ4n) is 2.83. The van der Waals surface area contributed by atoms with Gasteiger partial charge in [0.25, 0.3) is 5.91 Å². The maximum atomic E-state index is 13.2. The van der Waals surface area contributed by atoms with Crippen molar-refractivity contribution in [1.29, 1.82) is 0 Å². The molecule has 0 atom stereocenters. The third-order valence-electron chi connectivity index (χ3n) is 4.25. The smallest absolute Gasteiger partial charge is 0.262 e. The molecule has 7 heteroatoms. The molecule has 0 saturated carbocycles. The minimum atomic E-state index is -0.302.